The van der Waals surface area contributed by atoms with Crippen molar-refractivity contribution in [2.24, 2.45) is 5.73 Å². The molecule has 1 rings (SSSR count). The molecule has 0 saturated carbocycles. The van der Waals surface area contributed by atoms with Crippen molar-refractivity contribution < 1.29 is 14.3 Å². The maximum atomic E-state index is 11.6. The van der Waals surface area contributed by atoms with E-state index in [1.165, 1.54) is 0 Å². The van der Waals surface area contributed by atoms with Crippen LogP contribution in [0.5, 0.6) is 0 Å². The molecule has 1 saturated heterocycles. The van der Waals surface area contributed by atoms with Crippen LogP contribution in [-0.2, 0) is 14.3 Å². The standard InChI is InChI=1S/C11H23N3O3/c1-14-4-6-17-9(8-14)7-13-11(15)10(12)3-5-16-2/h9-10H,3-8,12H2,1-2H3,(H,13,15). The van der Waals surface area contributed by atoms with Crippen molar-refractivity contribution in [3.63, 3.8) is 0 Å². The molecule has 17 heavy (non-hydrogen) atoms. The minimum absolute atomic E-state index is 0.0623. The molecule has 2 atom stereocenters. The largest absolute Gasteiger partial charge is 0.385 e. The molecule has 6 nitrogen and oxygen atoms in total. The summed E-state index contributed by atoms with van der Waals surface area (Å²) in [6.45, 7) is 3.51. The van der Waals surface area contributed by atoms with E-state index in [0.29, 0.717) is 26.2 Å². The fraction of sp³-hybridized carbons (Fsp3) is 0.909. The van der Waals surface area contributed by atoms with Crippen LogP contribution in [0.15, 0.2) is 0 Å². The topological polar surface area (TPSA) is 76.8 Å². The van der Waals surface area contributed by atoms with Gasteiger partial charge >= 0.3 is 0 Å². The predicted octanol–water partition coefficient (Wildman–Crippen LogP) is -1.20. The molecule has 1 amide bonds. The van der Waals surface area contributed by atoms with E-state index < -0.39 is 6.04 Å². The van der Waals surface area contributed by atoms with Gasteiger partial charge in [-0.05, 0) is 13.5 Å². The maximum Gasteiger partial charge on any atom is 0.237 e. The van der Waals surface area contributed by atoms with Gasteiger partial charge in [0.25, 0.3) is 0 Å². The summed E-state index contributed by atoms with van der Waals surface area (Å²) in [4.78, 5) is 13.8. The van der Waals surface area contributed by atoms with Gasteiger partial charge in [0.2, 0.25) is 5.91 Å². The molecular formula is C11H23N3O3. The summed E-state index contributed by atoms with van der Waals surface area (Å²) in [7, 11) is 3.64. The zero-order chi connectivity index (χ0) is 12.7. The lowest BCUT2D eigenvalue weighted by Crippen LogP contribution is -2.49. The minimum atomic E-state index is -0.503. The molecule has 0 radical (unpaired) electrons. The van der Waals surface area contributed by atoms with Crippen LogP contribution in [0.25, 0.3) is 0 Å². The Kier molecular flexibility index (Phi) is 6.43. The van der Waals surface area contributed by atoms with E-state index >= 15 is 0 Å². The zero-order valence-corrected chi connectivity index (χ0v) is 10.6. The Morgan fingerprint density at radius 1 is 1.71 bits per heavy atom. The lowest BCUT2D eigenvalue weighted by molar-refractivity contribution is -0.123. The molecular weight excluding hydrogens is 222 g/mol. The summed E-state index contributed by atoms with van der Waals surface area (Å²) in [5.41, 5.74) is 5.70. The van der Waals surface area contributed by atoms with Crippen molar-refractivity contribution in [2.75, 3.05) is 47.0 Å². The summed E-state index contributed by atoms with van der Waals surface area (Å²) >= 11 is 0. The quantitative estimate of drug-likeness (QED) is 0.614. The molecule has 6 heteroatoms. The van der Waals surface area contributed by atoms with Gasteiger partial charge in [-0.3, -0.25) is 4.79 Å². The second-order valence-electron chi connectivity index (χ2n) is 4.39. The lowest BCUT2D eigenvalue weighted by atomic mass is 10.2. The molecule has 1 heterocycles. The number of morpholine rings is 1. The predicted molar refractivity (Wildman–Crippen MR) is 64.7 cm³/mol. The number of ether oxygens (including phenoxy) is 2. The number of methoxy groups -OCH3 is 1. The summed E-state index contributed by atoms with van der Waals surface area (Å²) in [5.74, 6) is -0.140. The van der Waals surface area contributed by atoms with Gasteiger partial charge in [0, 0.05) is 33.4 Å². The number of nitrogens with one attached hydrogen (secondary N) is 1. The van der Waals surface area contributed by atoms with Crippen LogP contribution < -0.4 is 11.1 Å². The molecule has 1 fully saturated rings. The number of nitrogens with zero attached hydrogens (tertiary/aromatic N) is 1. The second kappa shape index (κ2) is 7.60. The number of carbonyl (C=O) groups is 1. The Bertz CT molecular complexity index is 238. The third kappa shape index (κ3) is 5.45. The fourth-order valence-corrected chi connectivity index (χ4v) is 1.71. The molecule has 0 spiro atoms. The number of carbonyl (C=O) groups excluding carboxylic acids is 1. The Labute approximate surface area is 102 Å². The van der Waals surface area contributed by atoms with E-state index in [2.05, 4.69) is 10.2 Å². The van der Waals surface area contributed by atoms with Gasteiger partial charge in [-0.1, -0.05) is 0 Å². The fourth-order valence-electron chi connectivity index (χ4n) is 1.71. The first-order valence-electron chi connectivity index (χ1n) is 5.96. The van der Waals surface area contributed by atoms with Crippen LogP contribution >= 0.6 is 0 Å². The summed E-state index contributed by atoms with van der Waals surface area (Å²) in [6.07, 6.45) is 0.598. The number of nitrogens with two attached hydrogens (primary N) is 1. The third-order valence-corrected chi connectivity index (χ3v) is 2.82. The van der Waals surface area contributed by atoms with Crippen molar-refractivity contribution in [1.29, 1.82) is 0 Å². The van der Waals surface area contributed by atoms with E-state index in [1.54, 1.807) is 7.11 Å². The average Bonchev–Trinajstić information content (AvgIpc) is 2.33. The number of hydrogen-bond donors (Lipinski definition) is 2. The van der Waals surface area contributed by atoms with Crippen LogP contribution in [0, 0.1) is 0 Å². The van der Waals surface area contributed by atoms with E-state index in [4.69, 9.17) is 15.2 Å². The van der Waals surface area contributed by atoms with Gasteiger partial charge in [0.1, 0.15) is 0 Å². The number of amides is 1. The van der Waals surface area contributed by atoms with Crippen molar-refractivity contribution in [3.05, 3.63) is 0 Å². The molecule has 1 aliphatic rings. The minimum Gasteiger partial charge on any atom is -0.385 e. The van der Waals surface area contributed by atoms with Gasteiger partial charge in [0.05, 0.1) is 18.8 Å². The normalized spacial score (nSPS) is 23.4. The van der Waals surface area contributed by atoms with Gasteiger partial charge in [-0.15, -0.1) is 0 Å². The van der Waals surface area contributed by atoms with Crippen molar-refractivity contribution in [3.8, 4) is 0 Å². The zero-order valence-electron chi connectivity index (χ0n) is 10.6. The van der Waals surface area contributed by atoms with Crippen molar-refractivity contribution in [2.45, 2.75) is 18.6 Å². The molecule has 0 aromatic heterocycles. The van der Waals surface area contributed by atoms with Gasteiger partial charge < -0.3 is 25.4 Å². The van der Waals surface area contributed by atoms with Crippen molar-refractivity contribution in [1.82, 2.24) is 10.2 Å². The molecule has 100 valence electrons. The Morgan fingerprint density at radius 2 is 2.47 bits per heavy atom. The monoisotopic (exact) mass is 245 g/mol. The molecule has 0 aromatic rings. The van der Waals surface area contributed by atoms with Crippen molar-refractivity contribution >= 4 is 5.91 Å². The summed E-state index contributed by atoms with van der Waals surface area (Å²) < 4.78 is 10.4. The van der Waals surface area contributed by atoms with Gasteiger partial charge in [0.15, 0.2) is 0 Å². The van der Waals surface area contributed by atoms with Gasteiger partial charge in [-0.2, -0.15) is 0 Å². The molecule has 0 bridgehead atoms. The maximum absolute atomic E-state index is 11.6. The van der Waals surface area contributed by atoms with Crippen LogP contribution in [0.4, 0.5) is 0 Å². The summed E-state index contributed by atoms with van der Waals surface area (Å²) in [5, 5.41) is 2.81. The van der Waals surface area contributed by atoms with E-state index in [-0.39, 0.29) is 12.0 Å². The summed E-state index contributed by atoms with van der Waals surface area (Å²) in [6, 6.07) is -0.503. The highest BCUT2D eigenvalue weighted by molar-refractivity contribution is 5.81. The Balaban J connectivity index is 2.18. The number of rotatable bonds is 6. The second-order valence-corrected chi connectivity index (χ2v) is 4.39. The van der Waals surface area contributed by atoms with E-state index in [0.717, 1.165) is 13.1 Å². The number of likely N-dealkylation sites (N-methyl/N-ethyl adjacent to an activating group) is 1. The molecule has 3 N–H and O–H groups in total. The highest BCUT2D eigenvalue weighted by Gasteiger charge is 2.19. The van der Waals surface area contributed by atoms with Crippen LogP contribution in [0.1, 0.15) is 6.42 Å². The molecule has 0 aromatic carbocycles. The highest BCUT2D eigenvalue weighted by Crippen LogP contribution is 2.01. The first-order valence-corrected chi connectivity index (χ1v) is 5.96. The van der Waals surface area contributed by atoms with Crippen LogP contribution in [0.3, 0.4) is 0 Å². The number of hydrogen-bond acceptors (Lipinski definition) is 5. The van der Waals surface area contributed by atoms with Crippen LogP contribution in [-0.4, -0.2) is 70.0 Å². The molecule has 2 unspecified atom stereocenters. The lowest BCUT2D eigenvalue weighted by Gasteiger charge is -2.30. The SMILES string of the molecule is COCCC(N)C(=O)NCC1CN(C)CCO1. The average molecular weight is 245 g/mol. The Hall–Kier alpha value is -0.690. The molecule has 1 aliphatic heterocycles. The first-order chi connectivity index (χ1) is 8.13. The Morgan fingerprint density at radius 3 is 3.12 bits per heavy atom. The molecule has 0 aliphatic carbocycles. The van der Waals surface area contributed by atoms with E-state index in [1.807, 2.05) is 7.05 Å². The van der Waals surface area contributed by atoms with Gasteiger partial charge in [-0.25, -0.2) is 0 Å². The smallest absolute Gasteiger partial charge is 0.237 e. The third-order valence-electron chi connectivity index (χ3n) is 2.82. The highest BCUT2D eigenvalue weighted by atomic mass is 16.5. The van der Waals surface area contributed by atoms with E-state index in [9.17, 15) is 4.79 Å². The van der Waals surface area contributed by atoms with Crippen LogP contribution in [0.2, 0.25) is 0 Å². The first kappa shape index (κ1) is 14.4.